The molecule has 1 rings (SSSR count). The van der Waals surface area contributed by atoms with Crippen LogP contribution in [0.4, 0.5) is 0 Å². The SMILES string of the molecule is COc1cc(CCC(C)C(=O)O)c(OC)c(C)c1C. The van der Waals surface area contributed by atoms with Crippen molar-refractivity contribution in [1.29, 1.82) is 0 Å². The quantitative estimate of drug-likeness (QED) is 0.860. The highest BCUT2D eigenvalue weighted by Crippen LogP contribution is 2.34. The second-order valence-electron chi connectivity index (χ2n) is 4.80. The molecule has 1 unspecified atom stereocenters. The molecule has 0 aromatic heterocycles. The molecule has 0 saturated carbocycles. The molecule has 4 heteroatoms. The minimum atomic E-state index is -0.769. The van der Waals surface area contributed by atoms with E-state index in [4.69, 9.17) is 14.6 Å². The fourth-order valence-corrected chi connectivity index (χ4v) is 2.11. The van der Waals surface area contributed by atoms with Gasteiger partial charge in [0.15, 0.2) is 0 Å². The standard InChI is InChI=1S/C15H22O4/c1-9(15(16)17)6-7-12-8-13(18-4)10(2)11(3)14(12)19-5/h8-9H,6-7H2,1-5H3,(H,16,17). The molecule has 0 aliphatic carbocycles. The number of methoxy groups -OCH3 is 2. The summed E-state index contributed by atoms with van der Waals surface area (Å²) >= 11 is 0. The first kappa shape index (κ1) is 15.3. The maximum atomic E-state index is 10.9. The van der Waals surface area contributed by atoms with Gasteiger partial charge in [0.05, 0.1) is 20.1 Å². The van der Waals surface area contributed by atoms with Crippen molar-refractivity contribution in [1.82, 2.24) is 0 Å². The molecule has 0 spiro atoms. The summed E-state index contributed by atoms with van der Waals surface area (Å²) in [5.41, 5.74) is 3.09. The lowest BCUT2D eigenvalue weighted by Gasteiger charge is -2.17. The highest BCUT2D eigenvalue weighted by molar-refractivity contribution is 5.69. The summed E-state index contributed by atoms with van der Waals surface area (Å²) in [7, 11) is 3.27. The Hall–Kier alpha value is -1.71. The number of rotatable bonds is 6. The maximum Gasteiger partial charge on any atom is 0.306 e. The van der Waals surface area contributed by atoms with Gasteiger partial charge in [-0.1, -0.05) is 6.92 Å². The van der Waals surface area contributed by atoms with Crippen molar-refractivity contribution in [3.05, 3.63) is 22.8 Å². The first-order valence-corrected chi connectivity index (χ1v) is 6.36. The van der Waals surface area contributed by atoms with Crippen LogP contribution in [0.1, 0.15) is 30.0 Å². The lowest BCUT2D eigenvalue weighted by Crippen LogP contribution is -2.11. The predicted octanol–water partition coefficient (Wildman–Crippen LogP) is 2.97. The predicted molar refractivity (Wildman–Crippen MR) is 74.1 cm³/mol. The summed E-state index contributed by atoms with van der Waals surface area (Å²) in [5, 5.41) is 8.93. The van der Waals surface area contributed by atoms with Crippen molar-refractivity contribution in [3.8, 4) is 11.5 Å². The van der Waals surface area contributed by atoms with E-state index in [9.17, 15) is 4.79 Å². The zero-order chi connectivity index (χ0) is 14.6. The lowest BCUT2D eigenvalue weighted by molar-refractivity contribution is -0.141. The number of carboxylic acids is 1. The molecule has 0 bridgehead atoms. The summed E-state index contributed by atoms with van der Waals surface area (Å²) in [6.45, 7) is 5.69. The summed E-state index contributed by atoms with van der Waals surface area (Å²) in [5.74, 6) is 0.513. The van der Waals surface area contributed by atoms with Crippen molar-refractivity contribution in [2.45, 2.75) is 33.6 Å². The van der Waals surface area contributed by atoms with Crippen LogP contribution in [0.25, 0.3) is 0 Å². The molecule has 0 saturated heterocycles. The van der Waals surface area contributed by atoms with Crippen LogP contribution in [0, 0.1) is 19.8 Å². The van der Waals surface area contributed by atoms with E-state index in [1.807, 2.05) is 19.9 Å². The molecule has 1 aromatic carbocycles. The van der Waals surface area contributed by atoms with Gasteiger partial charge >= 0.3 is 5.97 Å². The summed E-state index contributed by atoms with van der Waals surface area (Å²) < 4.78 is 10.8. The van der Waals surface area contributed by atoms with E-state index < -0.39 is 5.97 Å². The summed E-state index contributed by atoms with van der Waals surface area (Å²) in [6, 6.07) is 1.94. The van der Waals surface area contributed by atoms with Crippen LogP contribution in [0.2, 0.25) is 0 Å². The molecule has 0 aliphatic rings. The molecule has 1 N–H and O–H groups in total. The highest BCUT2D eigenvalue weighted by Gasteiger charge is 2.16. The molecular formula is C15H22O4. The normalized spacial score (nSPS) is 12.1. The van der Waals surface area contributed by atoms with Crippen LogP contribution in [-0.2, 0) is 11.2 Å². The molecule has 4 nitrogen and oxygen atoms in total. The average Bonchev–Trinajstić information content (AvgIpc) is 2.39. The largest absolute Gasteiger partial charge is 0.496 e. The molecule has 0 fully saturated rings. The van der Waals surface area contributed by atoms with Gasteiger partial charge in [0.1, 0.15) is 11.5 Å². The summed E-state index contributed by atoms with van der Waals surface area (Å²) in [6.07, 6.45) is 1.24. The summed E-state index contributed by atoms with van der Waals surface area (Å²) in [4.78, 5) is 10.9. The van der Waals surface area contributed by atoms with Crippen LogP contribution in [-0.4, -0.2) is 25.3 Å². The highest BCUT2D eigenvalue weighted by atomic mass is 16.5. The van der Waals surface area contributed by atoms with Gasteiger partial charge in [-0.05, 0) is 49.4 Å². The van der Waals surface area contributed by atoms with Gasteiger partial charge in [-0.15, -0.1) is 0 Å². The Labute approximate surface area is 114 Å². The van der Waals surface area contributed by atoms with E-state index in [1.165, 1.54) is 0 Å². The smallest absolute Gasteiger partial charge is 0.306 e. The van der Waals surface area contributed by atoms with Gasteiger partial charge in [0, 0.05) is 0 Å². The number of hydrogen-bond acceptors (Lipinski definition) is 3. The molecule has 106 valence electrons. The number of benzene rings is 1. The fraction of sp³-hybridized carbons (Fsp3) is 0.533. The number of carbonyl (C=O) groups is 1. The van der Waals surface area contributed by atoms with Crippen molar-refractivity contribution in [2.75, 3.05) is 14.2 Å². The van der Waals surface area contributed by atoms with Crippen LogP contribution in [0.3, 0.4) is 0 Å². The van der Waals surface area contributed by atoms with E-state index in [2.05, 4.69) is 0 Å². The molecule has 1 aromatic rings. The maximum absolute atomic E-state index is 10.9. The number of aryl methyl sites for hydroxylation is 1. The third-order valence-electron chi connectivity index (χ3n) is 3.56. The molecule has 19 heavy (non-hydrogen) atoms. The van der Waals surface area contributed by atoms with Crippen LogP contribution >= 0.6 is 0 Å². The Morgan fingerprint density at radius 2 is 1.89 bits per heavy atom. The van der Waals surface area contributed by atoms with Crippen molar-refractivity contribution >= 4 is 5.97 Å². The molecule has 0 aliphatic heterocycles. The van der Waals surface area contributed by atoms with Crippen molar-refractivity contribution in [3.63, 3.8) is 0 Å². The lowest BCUT2D eigenvalue weighted by atomic mass is 9.96. The molecule has 0 heterocycles. The first-order valence-electron chi connectivity index (χ1n) is 6.36. The van der Waals surface area contributed by atoms with E-state index in [1.54, 1.807) is 21.1 Å². The van der Waals surface area contributed by atoms with Crippen molar-refractivity contribution < 1.29 is 19.4 Å². The van der Waals surface area contributed by atoms with Gasteiger partial charge in [0.25, 0.3) is 0 Å². The second kappa shape index (κ2) is 6.45. The number of aliphatic carboxylic acids is 1. The molecular weight excluding hydrogens is 244 g/mol. The van der Waals surface area contributed by atoms with Crippen LogP contribution < -0.4 is 9.47 Å². The van der Waals surface area contributed by atoms with E-state index in [0.717, 1.165) is 28.2 Å². The van der Waals surface area contributed by atoms with Gasteiger partial charge in [-0.2, -0.15) is 0 Å². The van der Waals surface area contributed by atoms with Gasteiger partial charge < -0.3 is 14.6 Å². The Kier molecular flexibility index (Phi) is 5.21. The average molecular weight is 266 g/mol. The first-order chi connectivity index (χ1) is 8.92. The molecule has 0 radical (unpaired) electrons. The Bertz CT molecular complexity index is 466. The van der Waals surface area contributed by atoms with E-state index in [0.29, 0.717) is 12.8 Å². The zero-order valence-corrected chi connectivity index (χ0v) is 12.2. The van der Waals surface area contributed by atoms with Gasteiger partial charge in [-0.3, -0.25) is 4.79 Å². The van der Waals surface area contributed by atoms with Gasteiger partial charge in [0.2, 0.25) is 0 Å². The Morgan fingerprint density at radius 1 is 1.26 bits per heavy atom. The van der Waals surface area contributed by atoms with Gasteiger partial charge in [-0.25, -0.2) is 0 Å². The third kappa shape index (κ3) is 3.40. The minimum Gasteiger partial charge on any atom is -0.496 e. The van der Waals surface area contributed by atoms with Crippen LogP contribution in [0.15, 0.2) is 6.07 Å². The second-order valence-corrected chi connectivity index (χ2v) is 4.80. The Morgan fingerprint density at radius 3 is 2.37 bits per heavy atom. The molecule has 0 amide bonds. The topological polar surface area (TPSA) is 55.8 Å². The van der Waals surface area contributed by atoms with Crippen LogP contribution in [0.5, 0.6) is 11.5 Å². The van der Waals surface area contributed by atoms with Crippen molar-refractivity contribution in [2.24, 2.45) is 5.92 Å². The number of ether oxygens (including phenoxy) is 2. The zero-order valence-electron chi connectivity index (χ0n) is 12.2. The minimum absolute atomic E-state index is 0.364. The number of carboxylic acid groups (broad SMARTS) is 1. The van der Waals surface area contributed by atoms with E-state index in [-0.39, 0.29) is 5.92 Å². The monoisotopic (exact) mass is 266 g/mol. The number of hydrogen-bond donors (Lipinski definition) is 1. The fourth-order valence-electron chi connectivity index (χ4n) is 2.11. The Balaban J connectivity index is 3.05. The third-order valence-corrected chi connectivity index (χ3v) is 3.56. The van der Waals surface area contributed by atoms with E-state index >= 15 is 0 Å². The molecule has 1 atom stereocenters.